The number of nitrogens with two attached hydrogens (primary N) is 1. The Morgan fingerprint density at radius 2 is 1.81 bits per heavy atom. The molecule has 0 bridgehead atoms. The van der Waals surface area contributed by atoms with Crippen LogP contribution in [0, 0.1) is 0 Å². The van der Waals surface area contributed by atoms with Gasteiger partial charge < -0.3 is 10.7 Å². The smallest absolute Gasteiger partial charge is 0.200 e. The van der Waals surface area contributed by atoms with Crippen molar-refractivity contribution in [2.45, 2.75) is 0 Å². The second-order valence-corrected chi connectivity index (χ2v) is 3.33. The Balaban J connectivity index is 2.55. The predicted octanol–water partition coefficient (Wildman–Crippen LogP) is 1.19. The summed E-state index contributed by atoms with van der Waals surface area (Å²) < 4.78 is 0. The van der Waals surface area contributed by atoms with Crippen molar-refractivity contribution in [2.24, 2.45) is 0 Å². The number of H-pyrrole nitrogens is 1. The molecule has 0 atom stereocenters. The number of hydrogen-bond acceptors (Lipinski definition) is 3. The number of nitrogens with one attached hydrogen (secondary N) is 1. The number of pyridine rings is 1. The number of aromatic nitrogens is 1. The Morgan fingerprint density at radius 1 is 1.12 bits per heavy atom. The van der Waals surface area contributed by atoms with Gasteiger partial charge in [0.1, 0.15) is 11.4 Å². The lowest BCUT2D eigenvalue weighted by molar-refractivity contribution is 0.103. The van der Waals surface area contributed by atoms with Gasteiger partial charge in [-0.05, 0) is 0 Å². The van der Waals surface area contributed by atoms with Gasteiger partial charge in [-0.2, -0.15) is 0 Å². The van der Waals surface area contributed by atoms with Gasteiger partial charge in [0.2, 0.25) is 5.78 Å². The summed E-state index contributed by atoms with van der Waals surface area (Å²) in [6.45, 7) is 0. The van der Waals surface area contributed by atoms with E-state index < -0.39 is 0 Å². The first-order chi connectivity index (χ1) is 7.70. The monoisotopic (exact) mass is 214 g/mol. The van der Waals surface area contributed by atoms with Gasteiger partial charge in [-0.25, -0.2) is 0 Å². The van der Waals surface area contributed by atoms with E-state index in [2.05, 4.69) is 4.98 Å². The van der Waals surface area contributed by atoms with Crippen molar-refractivity contribution in [3.05, 3.63) is 63.9 Å². The minimum atomic E-state index is -0.370. The number of carbonyl (C=O) groups is 1. The second-order valence-electron chi connectivity index (χ2n) is 3.33. The third kappa shape index (κ3) is 1.72. The van der Waals surface area contributed by atoms with Crippen molar-refractivity contribution in [3.8, 4) is 0 Å². The van der Waals surface area contributed by atoms with E-state index >= 15 is 0 Å². The van der Waals surface area contributed by atoms with E-state index in [1.165, 1.54) is 12.3 Å². The van der Waals surface area contributed by atoms with Crippen molar-refractivity contribution in [2.75, 3.05) is 5.73 Å². The molecule has 1 heterocycles. The highest BCUT2D eigenvalue weighted by atomic mass is 16.1. The summed E-state index contributed by atoms with van der Waals surface area (Å²) in [5.74, 6) is -0.263. The molecule has 0 radical (unpaired) electrons. The van der Waals surface area contributed by atoms with Crippen LogP contribution in [0.15, 0.2) is 47.4 Å². The molecule has 16 heavy (non-hydrogen) atoms. The summed E-state index contributed by atoms with van der Waals surface area (Å²) in [6.07, 6.45) is 1.42. The van der Waals surface area contributed by atoms with Crippen molar-refractivity contribution >= 4 is 11.6 Å². The molecule has 0 amide bonds. The standard InChI is InChI=1S/C12H10N2O2/c13-12-10(9(15)6-7-14-12)11(16)8-4-2-1-3-5-8/h1-7H,(H3,13,14,15). The normalized spacial score (nSPS) is 10.0. The van der Waals surface area contributed by atoms with Crippen LogP contribution in [0.1, 0.15) is 15.9 Å². The van der Waals surface area contributed by atoms with Gasteiger partial charge in [0.15, 0.2) is 5.43 Å². The van der Waals surface area contributed by atoms with E-state index in [0.29, 0.717) is 5.56 Å². The molecule has 80 valence electrons. The number of carbonyl (C=O) groups excluding carboxylic acids is 1. The summed E-state index contributed by atoms with van der Waals surface area (Å²) in [7, 11) is 0. The molecule has 0 fully saturated rings. The molecule has 2 rings (SSSR count). The van der Waals surface area contributed by atoms with Gasteiger partial charge in [-0.1, -0.05) is 30.3 Å². The molecule has 0 saturated carbocycles. The molecule has 0 spiro atoms. The van der Waals surface area contributed by atoms with Crippen molar-refractivity contribution in [1.29, 1.82) is 0 Å². The minimum Gasteiger partial charge on any atom is -0.385 e. The molecule has 0 aliphatic carbocycles. The van der Waals surface area contributed by atoms with Gasteiger partial charge in [0.05, 0.1) is 0 Å². The van der Waals surface area contributed by atoms with Crippen LogP contribution in [-0.2, 0) is 0 Å². The Hall–Kier alpha value is -2.36. The van der Waals surface area contributed by atoms with Crippen molar-refractivity contribution < 1.29 is 4.79 Å². The highest BCUT2D eigenvalue weighted by Gasteiger charge is 2.15. The molecule has 1 aromatic heterocycles. The molecular weight excluding hydrogens is 204 g/mol. The Bertz CT molecular complexity index is 573. The zero-order valence-electron chi connectivity index (χ0n) is 8.44. The van der Waals surface area contributed by atoms with Crippen LogP contribution in [0.4, 0.5) is 5.82 Å². The van der Waals surface area contributed by atoms with Gasteiger partial charge >= 0.3 is 0 Å². The summed E-state index contributed by atoms with van der Waals surface area (Å²) in [5, 5.41) is 0. The molecule has 0 unspecified atom stereocenters. The fraction of sp³-hybridized carbons (Fsp3) is 0. The van der Waals surface area contributed by atoms with Crippen molar-refractivity contribution in [1.82, 2.24) is 4.98 Å². The zero-order chi connectivity index (χ0) is 11.5. The fourth-order valence-electron chi connectivity index (χ4n) is 1.46. The lowest BCUT2D eigenvalue weighted by Crippen LogP contribution is -2.18. The average Bonchev–Trinajstić information content (AvgIpc) is 2.30. The first-order valence-corrected chi connectivity index (χ1v) is 4.77. The summed E-state index contributed by atoms with van der Waals surface area (Å²) in [4.78, 5) is 26.2. The van der Waals surface area contributed by atoms with Gasteiger partial charge in [0, 0.05) is 17.8 Å². The van der Waals surface area contributed by atoms with Crippen LogP contribution in [0.5, 0.6) is 0 Å². The lowest BCUT2D eigenvalue weighted by Gasteiger charge is -2.02. The highest BCUT2D eigenvalue weighted by molar-refractivity contribution is 6.11. The number of ketones is 1. The molecular formula is C12H10N2O2. The molecule has 0 aliphatic heterocycles. The van der Waals surface area contributed by atoms with Crippen LogP contribution in [0.25, 0.3) is 0 Å². The fourth-order valence-corrected chi connectivity index (χ4v) is 1.46. The molecule has 0 aliphatic rings. The maximum Gasteiger partial charge on any atom is 0.200 e. The van der Waals surface area contributed by atoms with E-state index in [4.69, 9.17) is 5.73 Å². The topological polar surface area (TPSA) is 76.0 Å². The quantitative estimate of drug-likeness (QED) is 0.737. The number of nitrogen functional groups attached to an aromatic ring is 1. The van der Waals surface area contributed by atoms with E-state index in [1.807, 2.05) is 0 Å². The van der Waals surface area contributed by atoms with Gasteiger partial charge in [0.25, 0.3) is 0 Å². The molecule has 3 N–H and O–H groups in total. The van der Waals surface area contributed by atoms with Gasteiger partial charge in [-0.15, -0.1) is 0 Å². The molecule has 0 saturated heterocycles. The summed E-state index contributed by atoms with van der Waals surface area (Å²) in [5.41, 5.74) is 5.66. The summed E-state index contributed by atoms with van der Waals surface area (Å²) in [6, 6.07) is 9.85. The maximum atomic E-state index is 12.0. The van der Waals surface area contributed by atoms with Gasteiger partial charge in [-0.3, -0.25) is 9.59 Å². The van der Waals surface area contributed by atoms with Crippen LogP contribution in [0.2, 0.25) is 0 Å². The lowest BCUT2D eigenvalue weighted by atomic mass is 10.0. The first kappa shape index (κ1) is 10.2. The van der Waals surface area contributed by atoms with E-state index in [9.17, 15) is 9.59 Å². The second kappa shape index (κ2) is 4.02. The Morgan fingerprint density at radius 3 is 2.44 bits per heavy atom. The largest absolute Gasteiger partial charge is 0.385 e. The molecule has 4 nitrogen and oxygen atoms in total. The molecule has 1 aromatic carbocycles. The number of anilines is 1. The first-order valence-electron chi connectivity index (χ1n) is 4.77. The predicted molar refractivity (Wildman–Crippen MR) is 61.3 cm³/mol. The zero-order valence-corrected chi connectivity index (χ0v) is 8.44. The van der Waals surface area contributed by atoms with Crippen LogP contribution >= 0.6 is 0 Å². The van der Waals surface area contributed by atoms with Crippen LogP contribution in [0.3, 0.4) is 0 Å². The van der Waals surface area contributed by atoms with Crippen molar-refractivity contribution in [3.63, 3.8) is 0 Å². The third-order valence-electron chi connectivity index (χ3n) is 2.25. The van der Waals surface area contributed by atoms with E-state index in [-0.39, 0.29) is 22.6 Å². The number of hydrogen-bond donors (Lipinski definition) is 2. The number of rotatable bonds is 2. The molecule has 2 aromatic rings. The Labute approximate surface area is 91.7 Å². The SMILES string of the molecule is Nc1[nH]ccc(=O)c1C(=O)c1ccccc1. The summed E-state index contributed by atoms with van der Waals surface area (Å²) >= 11 is 0. The number of benzene rings is 1. The molecule has 4 heteroatoms. The highest BCUT2D eigenvalue weighted by Crippen LogP contribution is 2.09. The van der Waals surface area contributed by atoms with E-state index in [1.54, 1.807) is 30.3 Å². The van der Waals surface area contributed by atoms with E-state index in [0.717, 1.165) is 0 Å². The van der Waals surface area contributed by atoms with Crippen LogP contribution in [-0.4, -0.2) is 10.8 Å². The number of aromatic amines is 1. The minimum absolute atomic E-state index is 0.00583. The van der Waals surface area contributed by atoms with Crippen LogP contribution < -0.4 is 11.2 Å². The Kier molecular flexibility index (Phi) is 2.55. The third-order valence-corrected chi connectivity index (χ3v) is 2.25. The maximum absolute atomic E-state index is 12.0. The average molecular weight is 214 g/mol.